The zero-order chi connectivity index (χ0) is 46.5. The van der Waals surface area contributed by atoms with E-state index in [1.807, 2.05) is 12.1 Å². The first kappa shape index (κ1) is 59.9. The third-order valence-corrected chi connectivity index (χ3v) is 14.7. The van der Waals surface area contributed by atoms with Gasteiger partial charge in [0.25, 0.3) is 0 Å². The fraction of sp³-hybridized carbons (Fsp3) is 0.643. The Morgan fingerprint density at radius 1 is 0.354 bits per heavy atom. The van der Waals surface area contributed by atoms with Crippen molar-refractivity contribution in [2.24, 2.45) is 0 Å². The van der Waals surface area contributed by atoms with Gasteiger partial charge >= 0.3 is 48.9 Å². The summed E-state index contributed by atoms with van der Waals surface area (Å²) in [6, 6.07) is 18.8. The minimum absolute atomic E-state index is 0. The van der Waals surface area contributed by atoms with Crippen LogP contribution in [0, 0.1) is 0 Å². The molecule has 0 aliphatic heterocycles. The van der Waals surface area contributed by atoms with Crippen LogP contribution < -0.4 is 0 Å². The van der Waals surface area contributed by atoms with Crippen LogP contribution in [0.1, 0.15) is 230 Å². The van der Waals surface area contributed by atoms with Crippen molar-refractivity contribution in [1.29, 1.82) is 0 Å². The minimum atomic E-state index is -4.49. The van der Waals surface area contributed by atoms with E-state index < -0.39 is 20.2 Å². The van der Waals surface area contributed by atoms with Crippen LogP contribution in [0.3, 0.4) is 0 Å². The second-order valence-electron chi connectivity index (χ2n) is 18.6. The van der Waals surface area contributed by atoms with Gasteiger partial charge in [-0.05, 0) is 96.5 Å². The van der Waals surface area contributed by atoms with Gasteiger partial charge in [0.2, 0.25) is 0 Å². The van der Waals surface area contributed by atoms with Crippen molar-refractivity contribution in [3.8, 4) is 0 Å². The zero-order valence-corrected chi connectivity index (χ0v) is 47.4. The number of hydrogen-bond acceptors (Lipinski definition) is 6. The van der Waals surface area contributed by atoms with Gasteiger partial charge in [-0.25, -0.2) is 16.8 Å². The molecule has 65 heavy (non-hydrogen) atoms. The largest absolute Gasteiger partial charge is 2.00 e. The molecule has 0 atom stereocenters. The molecule has 0 bridgehead atoms. The number of benzene rings is 4. The second-order valence-corrected chi connectivity index (χ2v) is 21.3. The van der Waals surface area contributed by atoms with Crippen molar-refractivity contribution < 1.29 is 25.9 Å². The number of fused-ring (bicyclic) bond motifs is 2. The van der Waals surface area contributed by atoms with E-state index in [4.69, 9.17) is 0 Å². The van der Waals surface area contributed by atoms with E-state index >= 15 is 0 Å². The van der Waals surface area contributed by atoms with Crippen molar-refractivity contribution in [2.45, 2.75) is 243 Å². The summed E-state index contributed by atoms with van der Waals surface area (Å²) in [6.07, 6.45) is 38.7. The Bertz CT molecular complexity index is 1960. The van der Waals surface area contributed by atoms with E-state index in [-0.39, 0.29) is 58.7 Å². The summed E-state index contributed by atoms with van der Waals surface area (Å²) in [4.78, 5) is -0.120. The molecule has 6 nitrogen and oxygen atoms in total. The Kier molecular flexibility index (Phi) is 32.2. The summed E-state index contributed by atoms with van der Waals surface area (Å²) in [5, 5.41) is 3.08. The maximum Gasteiger partial charge on any atom is 2.00 e. The maximum atomic E-state index is 11.9. The van der Waals surface area contributed by atoms with Crippen molar-refractivity contribution >= 4 is 90.7 Å². The van der Waals surface area contributed by atoms with E-state index in [0.717, 1.165) is 86.1 Å². The van der Waals surface area contributed by atoms with E-state index in [9.17, 15) is 25.9 Å². The van der Waals surface area contributed by atoms with Crippen molar-refractivity contribution in [3.63, 3.8) is 0 Å². The van der Waals surface area contributed by atoms with Crippen molar-refractivity contribution in [1.82, 2.24) is 0 Å². The molecule has 0 aromatic heterocycles. The summed E-state index contributed by atoms with van der Waals surface area (Å²) in [5.74, 6) is 0. The van der Waals surface area contributed by atoms with E-state index in [0.29, 0.717) is 10.8 Å². The molecule has 0 saturated carbocycles. The molecule has 9 heteroatoms. The molecular formula is C56H86BaO6S2. The Labute approximate surface area is 438 Å². The topological polar surface area (TPSA) is 114 Å². The Balaban J connectivity index is 0.000000440. The quantitative estimate of drug-likeness (QED) is 0.0261. The predicted molar refractivity (Wildman–Crippen MR) is 276 cm³/mol. The summed E-state index contributed by atoms with van der Waals surface area (Å²) in [5.41, 5.74) is 4.60. The van der Waals surface area contributed by atoms with Gasteiger partial charge in [0.1, 0.15) is 20.2 Å². The van der Waals surface area contributed by atoms with Crippen LogP contribution in [0.15, 0.2) is 70.5 Å². The summed E-state index contributed by atoms with van der Waals surface area (Å²) < 4.78 is 71.5. The van der Waals surface area contributed by atoms with Crippen molar-refractivity contribution in [3.05, 3.63) is 82.9 Å². The molecular weight excluding hydrogens is 970 g/mol. The molecule has 0 aliphatic carbocycles. The SMILES string of the molecule is CCCCCCCCCc1cc(CCCCCCCCC)c2c(S(=O)(=O)[O-])cccc2c1.CCCCCCCCCc1cc(CCCCCCCCC)c2c(S(=O)(=O)[O-])cccc2c1.[Ba+2]. The van der Waals surface area contributed by atoms with E-state index in [1.165, 1.54) is 165 Å². The van der Waals surface area contributed by atoms with Gasteiger partial charge < -0.3 is 9.11 Å². The molecule has 0 amide bonds. The fourth-order valence-corrected chi connectivity index (χ4v) is 10.8. The summed E-state index contributed by atoms with van der Waals surface area (Å²) in [6.45, 7) is 8.94. The van der Waals surface area contributed by atoms with Crippen LogP contribution >= 0.6 is 0 Å². The van der Waals surface area contributed by atoms with Gasteiger partial charge in [-0.2, -0.15) is 0 Å². The average molecular weight is 1060 g/mol. The van der Waals surface area contributed by atoms with Gasteiger partial charge in [-0.1, -0.05) is 230 Å². The first-order valence-corrected chi connectivity index (χ1v) is 28.8. The molecule has 0 spiro atoms. The van der Waals surface area contributed by atoms with Gasteiger partial charge in [0.15, 0.2) is 0 Å². The fourth-order valence-electron chi connectivity index (χ4n) is 9.32. The van der Waals surface area contributed by atoms with Crippen LogP contribution in [0.4, 0.5) is 0 Å². The zero-order valence-electron chi connectivity index (χ0n) is 41.4. The Morgan fingerprint density at radius 3 is 0.892 bits per heavy atom. The third kappa shape index (κ3) is 23.8. The average Bonchev–Trinajstić information content (AvgIpc) is 3.26. The van der Waals surface area contributed by atoms with Crippen molar-refractivity contribution in [2.75, 3.05) is 0 Å². The van der Waals surface area contributed by atoms with Gasteiger partial charge in [0.05, 0.1) is 9.79 Å². The smallest absolute Gasteiger partial charge is 0.744 e. The first-order valence-electron chi connectivity index (χ1n) is 25.9. The van der Waals surface area contributed by atoms with Crippen LogP contribution in [0.2, 0.25) is 0 Å². The molecule has 0 saturated heterocycles. The minimum Gasteiger partial charge on any atom is -0.744 e. The van der Waals surface area contributed by atoms with Gasteiger partial charge in [-0.3, -0.25) is 0 Å². The number of aryl methyl sites for hydroxylation is 4. The standard InChI is InChI=1S/2C28H44O3S.Ba/c2*1-3-5-7-9-11-13-15-18-24-22-25(19-16-14-12-10-8-6-4-2)28-26(23-24)20-17-21-27(28)32(29,30)31;/h2*17,20-23H,3-16,18-19H2,1-2H3,(H,29,30,31);/q;;+2/p-2. The number of rotatable bonds is 34. The number of unbranched alkanes of at least 4 members (excludes halogenated alkanes) is 24. The molecule has 0 radical (unpaired) electrons. The summed E-state index contributed by atoms with van der Waals surface area (Å²) >= 11 is 0. The molecule has 0 N–H and O–H groups in total. The van der Waals surface area contributed by atoms with Crippen LogP contribution in [0.5, 0.6) is 0 Å². The van der Waals surface area contributed by atoms with Crippen LogP contribution in [-0.2, 0) is 45.9 Å². The molecule has 0 heterocycles. The van der Waals surface area contributed by atoms with Gasteiger partial charge in [-0.15, -0.1) is 0 Å². The van der Waals surface area contributed by atoms with E-state index in [2.05, 4.69) is 52.0 Å². The van der Waals surface area contributed by atoms with Crippen LogP contribution in [-0.4, -0.2) is 74.8 Å². The van der Waals surface area contributed by atoms with E-state index in [1.54, 1.807) is 12.1 Å². The molecule has 0 fully saturated rings. The molecule has 0 aliphatic rings. The first-order chi connectivity index (χ1) is 30.9. The van der Waals surface area contributed by atoms with Gasteiger partial charge in [0, 0.05) is 10.8 Å². The molecule has 0 unspecified atom stereocenters. The normalized spacial score (nSPS) is 11.8. The molecule has 4 rings (SSSR count). The number of hydrogen-bond donors (Lipinski definition) is 0. The predicted octanol–water partition coefficient (Wildman–Crippen LogP) is 16.3. The maximum absolute atomic E-state index is 11.9. The monoisotopic (exact) mass is 1060 g/mol. The van der Waals surface area contributed by atoms with Crippen LogP contribution in [0.25, 0.3) is 21.5 Å². The third-order valence-electron chi connectivity index (χ3n) is 12.9. The molecule has 4 aromatic carbocycles. The molecule has 360 valence electrons. The Morgan fingerprint density at radius 2 is 0.615 bits per heavy atom. The molecule has 4 aromatic rings. The Hall–Kier alpha value is -1.21. The second kappa shape index (κ2) is 35.0. The summed E-state index contributed by atoms with van der Waals surface area (Å²) in [7, 11) is -8.98.